The number of aromatic nitrogens is 3. The molecule has 0 aliphatic rings. The highest BCUT2D eigenvalue weighted by Crippen LogP contribution is 2.11. The van der Waals surface area contributed by atoms with Gasteiger partial charge in [-0.3, -0.25) is 9.78 Å². The number of rotatable bonds is 5. The van der Waals surface area contributed by atoms with E-state index in [1.165, 1.54) is 0 Å². The summed E-state index contributed by atoms with van der Waals surface area (Å²) >= 11 is 5.85. The smallest absolute Gasteiger partial charge is 0.279 e. The summed E-state index contributed by atoms with van der Waals surface area (Å²) in [5.41, 5.74) is 1.95. The molecule has 0 spiro atoms. The van der Waals surface area contributed by atoms with Gasteiger partial charge in [-0.15, -0.1) is 10.2 Å². The highest BCUT2D eigenvalue weighted by molar-refractivity contribution is 6.30. The van der Waals surface area contributed by atoms with Crippen LogP contribution < -0.4 is 10.9 Å². The molecule has 1 heterocycles. The second-order valence-corrected chi connectivity index (χ2v) is 5.46. The Morgan fingerprint density at radius 3 is 2.43 bits per heavy atom. The van der Waals surface area contributed by atoms with Crippen LogP contribution in [-0.2, 0) is 6.42 Å². The minimum absolute atomic E-state index is 0.264. The maximum atomic E-state index is 12.1. The fraction of sp³-hybridized carbons (Fsp3) is 0.118. The highest BCUT2D eigenvalue weighted by atomic mass is 35.5. The van der Waals surface area contributed by atoms with E-state index in [0.717, 1.165) is 17.5 Å². The van der Waals surface area contributed by atoms with E-state index < -0.39 is 0 Å². The van der Waals surface area contributed by atoms with Crippen LogP contribution in [-0.4, -0.2) is 21.7 Å². The van der Waals surface area contributed by atoms with Crippen molar-refractivity contribution in [2.75, 3.05) is 11.9 Å². The molecular weight excluding hydrogens is 312 g/mol. The van der Waals surface area contributed by atoms with Crippen LogP contribution in [0.4, 0.5) is 5.95 Å². The molecule has 0 bridgehead atoms. The number of halogens is 1. The summed E-state index contributed by atoms with van der Waals surface area (Å²) in [5.74, 6) is 0.364. The Morgan fingerprint density at radius 1 is 1.00 bits per heavy atom. The highest BCUT2D eigenvalue weighted by Gasteiger charge is 2.06. The quantitative estimate of drug-likeness (QED) is 0.755. The zero-order chi connectivity index (χ0) is 16.1. The number of H-pyrrole nitrogens is 1. The first-order valence-corrected chi connectivity index (χ1v) is 7.61. The van der Waals surface area contributed by atoms with E-state index in [-0.39, 0.29) is 5.56 Å². The van der Waals surface area contributed by atoms with Crippen LogP contribution in [0, 0.1) is 0 Å². The van der Waals surface area contributed by atoms with Gasteiger partial charge in [0.1, 0.15) is 0 Å². The molecule has 0 amide bonds. The van der Waals surface area contributed by atoms with Crippen molar-refractivity contribution < 1.29 is 0 Å². The maximum absolute atomic E-state index is 12.1. The number of anilines is 1. The SMILES string of the molecule is O=c1[nH]c(NCCc2ccc(Cl)cc2)nnc1-c1ccccc1. The van der Waals surface area contributed by atoms with Crippen molar-refractivity contribution in [1.82, 2.24) is 15.2 Å². The van der Waals surface area contributed by atoms with Gasteiger partial charge in [-0.25, -0.2) is 0 Å². The topological polar surface area (TPSA) is 70.7 Å². The minimum atomic E-state index is -0.264. The van der Waals surface area contributed by atoms with Gasteiger partial charge in [0, 0.05) is 17.1 Å². The molecule has 6 heteroatoms. The number of aromatic amines is 1. The van der Waals surface area contributed by atoms with Crippen LogP contribution >= 0.6 is 11.6 Å². The predicted octanol–water partition coefficient (Wildman–Crippen LogP) is 3.14. The number of nitrogens with one attached hydrogen (secondary N) is 2. The molecule has 0 unspecified atom stereocenters. The first-order chi connectivity index (χ1) is 11.2. The summed E-state index contributed by atoms with van der Waals surface area (Å²) in [7, 11) is 0. The Kier molecular flexibility index (Phi) is 4.68. The summed E-state index contributed by atoms with van der Waals surface area (Å²) < 4.78 is 0. The molecule has 0 saturated heterocycles. The van der Waals surface area contributed by atoms with Crippen LogP contribution in [0.15, 0.2) is 59.4 Å². The van der Waals surface area contributed by atoms with E-state index >= 15 is 0 Å². The predicted molar refractivity (Wildman–Crippen MR) is 91.7 cm³/mol. The number of hydrogen-bond acceptors (Lipinski definition) is 4. The molecule has 0 fully saturated rings. The van der Waals surface area contributed by atoms with Gasteiger partial charge in [0.05, 0.1) is 0 Å². The largest absolute Gasteiger partial charge is 0.354 e. The second kappa shape index (κ2) is 7.07. The minimum Gasteiger partial charge on any atom is -0.354 e. The van der Waals surface area contributed by atoms with E-state index in [1.807, 2.05) is 54.6 Å². The van der Waals surface area contributed by atoms with Crippen molar-refractivity contribution >= 4 is 17.5 Å². The fourth-order valence-electron chi connectivity index (χ4n) is 2.18. The van der Waals surface area contributed by atoms with Crippen LogP contribution in [0.2, 0.25) is 5.02 Å². The second-order valence-electron chi connectivity index (χ2n) is 5.02. The maximum Gasteiger partial charge on any atom is 0.279 e. The standard InChI is InChI=1S/C17H15ClN4O/c18-14-8-6-12(7-9-14)10-11-19-17-20-16(23)15(21-22-17)13-4-2-1-3-5-13/h1-9H,10-11H2,(H2,19,20,22,23). The molecule has 2 aromatic carbocycles. The Bertz CT molecular complexity index is 831. The third-order valence-corrected chi connectivity index (χ3v) is 3.62. The van der Waals surface area contributed by atoms with Gasteiger partial charge >= 0.3 is 0 Å². The fourth-order valence-corrected chi connectivity index (χ4v) is 2.30. The normalized spacial score (nSPS) is 10.5. The monoisotopic (exact) mass is 326 g/mol. The Morgan fingerprint density at radius 2 is 1.74 bits per heavy atom. The zero-order valence-electron chi connectivity index (χ0n) is 12.3. The summed E-state index contributed by atoms with van der Waals surface area (Å²) in [6, 6.07) is 16.9. The third-order valence-electron chi connectivity index (χ3n) is 3.36. The molecular formula is C17H15ClN4O. The van der Waals surface area contributed by atoms with Crippen molar-refractivity contribution in [2.24, 2.45) is 0 Å². The molecule has 5 nitrogen and oxygen atoms in total. The summed E-state index contributed by atoms with van der Waals surface area (Å²) in [4.78, 5) is 14.8. The molecule has 0 aliphatic carbocycles. The van der Waals surface area contributed by atoms with E-state index in [1.54, 1.807) is 0 Å². The van der Waals surface area contributed by atoms with Gasteiger partial charge in [-0.1, -0.05) is 54.1 Å². The molecule has 116 valence electrons. The molecule has 3 rings (SSSR count). The Balaban J connectivity index is 1.64. The molecule has 3 aromatic rings. The number of nitrogens with zero attached hydrogens (tertiary/aromatic N) is 2. The van der Waals surface area contributed by atoms with Gasteiger partial charge in [0.15, 0.2) is 5.69 Å². The van der Waals surface area contributed by atoms with Gasteiger partial charge in [-0.05, 0) is 24.1 Å². The van der Waals surface area contributed by atoms with Gasteiger partial charge in [0.25, 0.3) is 5.56 Å². The lowest BCUT2D eigenvalue weighted by Gasteiger charge is -2.06. The zero-order valence-corrected chi connectivity index (χ0v) is 13.0. The average Bonchev–Trinajstić information content (AvgIpc) is 2.58. The first-order valence-electron chi connectivity index (χ1n) is 7.23. The molecule has 0 radical (unpaired) electrons. The van der Waals surface area contributed by atoms with Crippen molar-refractivity contribution in [3.05, 3.63) is 75.5 Å². The lowest BCUT2D eigenvalue weighted by atomic mass is 10.1. The molecule has 2 N–H and O–H groups in total. The van der Waals surface area contributed by atoms with Crippen molar-refractivity contribution in [1.29, 1.82) is 0 Å². The lowest BCUT2D eigenvalue weighted by molar-refractivity contribution is 0.915. The molecule has 0 aliphatic heterocycles. The van der Waals surface area contributed by atoms with Crippen LogP contribution in [0.3, 0.4) is 0 Å². The van der Waals surface area contributed by atoms with Crippen molar-refractivity contribution in [3.63, 3.8) is 0 Å². The van der Waals surface area contributed by atoms with Gasteiger partial charge in [-0.2, -0.15) is 0 Å². The van der Waals surface area contributed by atoms with Crippen LogP contribution in [0.5, 0.6) is 0 Å². The molecule has 23 heavy (non-hydrogen) atoms. The molecule has 0 atom stereocenters. The van der Waals surface area contributed by atoms with Crippen LogP contribution in [0.25, 0.3) is 11.3 Å². The summed E-state index contributed by atoms with van der Waals surface area (Å²) in [6.45, 7) is 0.636. The number of benzene rings is 2. The molecule has 1 aromatic heterocycles. The van der Waals surface area contributed by atoms with Crippen LogP contribution in [0.1, 0.15) is 5.56 Å². The van der Waals surface area contributed by atoms with E-state index in [4.69, 9.17) is 11.6 Å². The summed E-state index contributed by atoms with van der Waals surface area (Å²) in [6.07, 6.45) is 0.793. The first kappa shape index (κ1) is 15.2. The van der Waals surface area contributed by atoms with E-state index in [2.05, 4.69) is 20.5 Å². The molecule has 0 saturated carbocycles. The van der Waals surface area contributed by atoms with Gasteiger partial charge < -0.3 is 5.32 Å². The third kappa shape index (κ3) is 3.96. The number of hydrogen-bond donors (Lipinski definition) is 2. The Labute approximate surface area is 138 Å². The lowest BCUT2D eigenvalue weighted by Crippen LogP contribution is -2.18. The van der Waals surface area contributed by atoms with E-state index in [0.29, 0.717) is 23.2 Å². The Hall–Kier alpha value is -2.66. The van der Waals surface area contributed by atoms with E-state index in [9.17, 15) is 4.79 Å². The summed E-state index contributed by atoms with van der Waals surface area (Å²) in [5, 5.41) is 11.8. The van der Waals surface area contributed by atoms with Gasteiger partial charge in [0.2, 0.25) is 5.95 Å². The van der Waals surface area contributed by atoms with Crippen molar-refractivity contribution in [2.45, 2.75) is 6.42 Å². The van der Waals surface area contributed by atoms with Crippen molar-refractivity contribution in [3.8, 4) is 11.3 Å². The average molecular weight is 327 g/mol.